The van der Waals surface area contributed by atoms with Gasteiger partial charge < -0.3 is 15.0 Å². The summed E-state index contributed by atoms with van der Waals surface area (Å²) in [7, 11) is -4.19. The monoisotopic (exact) mass is 633 g/mol. The summed E-state index contributed by atoms with van der Waals surface area (Å²) < 4.78 is 48.4. The first-order valence-corrected chi connectivity index (χ1v) is 15.1. The van der Waals surface area contributed by atoms with E-state index < -0.39 is 34.3 Å². The molecular weight excluding hydrogens is 601 g/mol. The largest absolute Gasteiger partial charge is 0.494 e. The number of amides is 2. The molecule has 0 unspecified atom stereocenters. The molecule has 0 saturated heterocycles. The number of hydrogen-bond donors (Lipinski definition) is 1. The third-order valence-corrected chi connectivity index (χ3v) is 8.42. The van der Waals surface area contributed by atoms with Gasteiger partial charge in [0, 0.05) is 17.6 Å². The van der Waals surface area contributed by atoms with E-state index in [1.54, 1.807) is 43.3 Å². The molecule has 3 aromatic carbocycles. The van der Waals surface area contributed by atoms with Crippen LogP contribution in [0.15, 0.2) is 82.2 Å². The molecule has 0 heterocycles. The fourth-order valence-corrected chi connectivity index (χ4v) is 5.58. The topological polar surface area (TPSA) is 96.0 Å². The van der Waals surface area contributed by atoms with Gasteiger partial charge in [0.15, 0.2) is 0 Å². The average molecular weight is 635 g/mol. The van der Waals surface area contributed by atoms with Crippen molar-refractivity contribution >= 4 is 43.5 Å². The summed E-state index contributed by atoms with van der Waals surface area (Å²) in [6.45, 7) is 5.61. The van der Waals surface area contributed by atoms with E-state index in [0.717, 1.165) is 4.31 Å². The molecule has 1 atom stereocenters. The maximum absolute atomic E-state index is 13.9. The summed E-state index contributed by atoms with van der Waals surface area (Å²) in [5, 5.41) is 2.78. The summed E-state index contributed by atoms with van der Waals surface area (Å²) in [4.78, 5) is 28.0. The zero-order valence-electron chi connectivity index (χ0n) is 22.6. The number of carbonyl (C=O) groups is 2. The smallest absolute Gasteiger partial charge is 0.264 e. The van der Waals surface area contributed by atoms with E-state index >= 15 is 0 Å². The normalized spacial score (nSPS) is 11.9. The molecule has 3 aromatic rings. The number of ether oxygens (including phenoxy) is 1. The van der Waals surface area contributed by atoms with Crippen LogP contribution in [0.5, 0.6) is 5.75 Å². The van der Waals surface area contributed by atoms with Crippen LogP contribution in [0.2, 0.25) is 0 Å². The van der Waals surface area contributed by atoms with Gasteiger partial charge in [-0.2, -0.15) is 0 Å². The molecule has 0 aromatic heterocycles. The molecule has 0 aliphatic rings. The fraction of sp³-hybridized carbons (Fsp3) is 0.310. The average Bonchev–Trinajstić information content (AvgIpc) is 2.94. The summed E-state index contributed by atoms with van der Waals surface area (Å²) in [5.74, 6) is -0.853. The van der Waals surface area contributed by atoms with E-state index in [9.17, 15) is 22.4 Å². The van der Waals surface area contributed by atoms with E-state index in [0.29, 0.717) is 35.4 Å². The first-order valence-electron chi connectivity index (χ1n) is 12.9. The highest BCUT2D eigenvalue weighted by Gasteiger charge is 2.32. The molecule has 0 fully saturated rings. The molecule has 0 saturated carbocycles. The SMILES string of the molecule is CCCNC(=O)[C@H](C)N(Cc1ccc(F)cc1)C(=O)CN(c1ccc(OCC)cc1)S(=O)(=O)c1ccc(Br)cc1. The number of rotatable bonds is 13. The minimum Gasteiger partial charge on any atom is -0.494 e. The third kappa shape index (κ3) is 8.04. The fourth-order valence-electron chi connectivity index (χ4n) is 3.90. The second kappa shape index (κ2) is 14.3. The van der Waals surface area contributed by atoms with Crippen LogP contribution >= 0.6 is 15.9 Å². The van der Waals surface area contributed by atoms with Gasteiger partial charge in [0.05, 0.1) is 17.2 Å². The summed E-state index contributed by atoms with van der Waals surface area (Å²) in [6, 6.07) is 17.2. The Balaban J connectivity index is 2.01. The molecule has 1 N–H and O–H groups in total. The van der Waals surface area contributed by atoms with E-state index in [2.05, 4.69) is 21.2 Å². The van der Waals surface area contributed by atoms with Crippen molar-refractivity contribution in [3.63, 3.8) is 0 Å². The third-order valence-electron chi connectivity index (χ3n) is 6.10. The van der Waals surface area contributed by atoms with Gasteiger partial charge in [0.2, 0.25) is 11.8 Å². The lowest BCUT2D eigenvalue weighted by Crippen LogP contribution is -2.51. The molecule has 2 amide bonds. The Morgan fingerprint density at radius 2 is 1.60 bits per heavy atom. The first kappa shape index (κ1) is 31.1. The minimum atomic E-state index is -4.19. The van der Waals surface area contributed by atoms with Crippen molar-refractivity contribution in [2.45, 2.75) is 44.7 Å². The van der Waals surface area contributed by atoms with Crippen molar-refractivity contribution in [3.8, 4) is 5.75 Å². The maximum Gasteiger partial charge on any atom is 0.264 e. The molecule has 11 heteroatoms. The molecule has 8 nitrogen and oxygen atoms in total. The van der Waals surface area contributed by atoms with Gasteiger partial charge in [-0.15, -0.1) is 0 Å². The van der Waals surface area contributed by atoms with Crippen LogP contribution in [0.25, 0.3) is 0 Å². The van der Waals surface area contributed by atoms with Gasteiger partial charge in [0.25, 0.3) is 10.0 Å². The van der Waals surface area contributed by atoms with Crippen molar-refractivity contribution in [2.24, 2.45) is 0 Å². The van der Waals surface area contributed by atoms with Crippen molar-refractivity contribution in [1.82, 2.24) is 10.2 Å². The molecule has 40 heavy (non-hydrogen) atoms. The Labute approximate surface area is 243 Å². The van der Waals surface area contributed by atoms with Crippen molar-refractivity contribution in [2.75, 3.05) is 24.0 Å². The molecule has 0 aliphatic carbocycles. The van der Waals surface area contributed by atoms with Gasteiger partial charge in [-0.05, 0) is 86.5 Å². The predicted molar refractivity (Wildman–Crippen MR) is 156 cm³/mol. The van der Waals surface area contributed by atoms with E-state index in [1.165, 1.54) is 41.3 Å². The number of nitrogens with zero attached hydrogens (tertiary/aromatic N) is 2. The lowest BCUT2D eigenvalue weighted by Gasteiger charge is -2.32. The standard InChI is InChI=1S/C29H33BrFN3O5S/c1-4-18-32-29(36)21(3)33(19-22-6-10-24(31)11-7-22)28(35)20-34(25-12-14-26(15-13-25)39-5-2)40(37,38)27-16-8-23(30)9-17-27/h6-17,21H,4-5,18-20H2,1-3H3,(H,32,36)/t21-/m0/s1. The number of sulfonamides is 1. The first-order chi connectivity index (χ1) is 19.1. The van der Waals surface area contributed by atoms with Crippen LogP contribution in [0.3, 0.4) is 0 Å². The Morgan fingerprint density at radius 1 is 0.975 bits per heavy atom. The molecule has 0 bridgehead atoms. The van der Waals surface area contributed by atoms with Crippen LogP contribution in [0, 0.1) is 5.82 Å². The highest BCUT2D eigenvalue weighted by atomic mass is 79.9. The summed E-state index contributed by atoms with van der Waals surface area (Å²) >= 11 is 3.31. The van der Waals surface area contributed by atoms with Gasteiger partial charge in [-0.25, -0.2) is 12.8 Å². The van der Waals surface area contributed by atoms with Gasteiger partial charge in [-0.1, -0.05) is 35.0 Å². The Bertz CT molecular complexity index is 1380. The number of halogens is 2. The molecule has 214 valence electrons. The van der Waals surface area contributed by atoms with Crippen molar-refractivity contribution < 1.29 is 27.1 Å². The van der Waals surface area contributed by atoms with E-state index in [4.69, 9.17) is 4.74 Å². The van der Waals surface area contributed by atoms with Gasteiger partial charge >= 0.3 is 0 Å². The highest BCUT2D eigenvalue weighted by molar-refractivity contribution is 9.10. The number of benzene rings is 3. The number of nitrogens with one attached hydrogen (secondary N) is 1. The number of carbonyl (C=O) groups excluding carboxylic acids is 2. The summed E-state index contributed by atoms with van der Waals surface area (Å²) in [5.41, 5.74) is 0.845. The molecule has 0 radical (unpaired) electrons. The van der Waals surface area contributed by atoms with Crippen molar-refractivity contribution in [1.29, 1.82) is 0 Å². The highest BCUT2D eigenvalue weighted by Crippen LogP contribution is 2.27. The zero-order chi connectivity index (χ0) is 29.3. The van der Waals surface area contributed by atoms with Gasteiger partial charge in [0.1, 0.15) is 24.2 Å². The Morgan fingerprint density at radius 3 is 2.17 bits per heavy atom. The Kier molecular flexibility index (Phi) is 11.1. The van der Waals surface area contributed by atoms with E-state index in [1.807, 2.05) is 13.8 Å². The molecule has 0 spiro atoms. The van der Waals surface area contributed by atoms with Crippen LogP contribution in [-0.2, 0) is 26.2 Å². The summed E-state index contributed by atoms with van der Waals surface area (Å²) in [6.07, 6.45) is 0.710. The van der Waals surface area contributed by atoms with Gasteiger partial charge in [-0.3, -0.25) is 13.9 Å². The Hall–Kier alpha value is -3.44. The van der Waals surface area contributed by atoms with Crippen LogP contribution < -0.4 is 14.4 Å². The molecule has 0 aliphatic heterocycles. The maximum atomic E-state index is 13.9. The van der Waals surface area contributed by atoms with E-state index in [-0.39, 0.29) is 23.0 Å². The minimum absolute atomic E-state index is 0.00351. The molecule has 3 rings (SSSR count). The second-order valence-electron chi connectivity index (χ2n) is 9.01. The number of hydrogen-bond acceptors (Lipinski definition) is 5. The molecular formula is C29H33BrFN3O5S. The second-order valence-corrected chi connectivity index (χ2v) is 11.8. The number of anilines is 1. The zero-order valence-corrected chi connectivity index (χ0v) is 25.0. The van der Waals surface area contributed by atoms with Crippen LogP contribution in [-0.4, -0.2) is 50.9 Å². The quantitative estimate of drug-likeness (QED) is 0.282. The van der Waals surface area contributed by atoms with Crippen molar-refractivity contribution in [3.05, 3.63) is 88.6 Å². The van der Waals surface area contributed by atoms with Crippen LogP contribution in [0.4, 0.5) is 10.1 Å². The van der Waals surface area contributed by atoms with Crippen LogP contribution in [0.1, 0.15) is 32.8 Å². The lowest BCUT2D eigenvalue weighted by molar-refractivity contribution is -0.139. The predicted octanol–water partition coefficient (Wildman–Crippen LogP) is 5.13. The lowest BCUT2D eigenvalue weighted by atomic mass is 10.1.